The molecule has 2 aromatic carbocycles. The van der Waals surface area contributed by atoms with Crippen LogP contribution >= 0.6 is 11.6 Å². The Kier molecular flexibility index (Phi) is 5.90. The Morgan fingerprint density at radius 2 is 1.65 bits per heavy atom. The summed E-state index contributed by atoms with van der Waals surface area (Å²) in [5.74, 6) is -0.136. The highest BCUT2D eigenvalue weighted by atomic mass is 35.5. The summed E-state index contributed by atoms with van der Waals surface area (Å²) in [5.41, 5.74) is 2.35. The minimum atomic E-state index is -0.138. The number of hydrogen-bond acceptors (Lipinski definition) is 3. The smallest absolute Gasteiger partial charge is 0.238 e. The fourth-order valence-corrected chi connectivity index (χ4v) is 2.23. The molecule has 0 bridgehead atoms. The van der Waals surface area contributed by atoms with Gasteiger partial charge in [-0.2, -0.15) is 0 Å². The van der Waals surface area contributed by atoms with E-state index in [1.54, 1.807) is 24.3 Å². The third-order valence-electron chi connectivity index (χ3n) is 3.51. The summed E-state index contributed by atoms with van der Waals surface area (Å²) in [7, 11) is 0. The van der Waals surface area contributed by atoms with Gasteiger partial charge < -0.3 is 10.6 Å². The van der Waals surface area contributed by atoms with E-state index >= 15 is 0 Å². The zero-order valence-corrected chi connectivity index (χ0v) is 13.9. The maximum absolute atomic E-state index is 12.0. The van der Waals surface area contributed by atoms with Crippen LogP contribution in [0.4, 0.5) is 5.69 Å². The molecule has 5 heteroatoms. The summed E-state index contributed by atoms with van der Waals surface area (Å²) in [6, 6.07) is 14.4. The number of hydrogen-bond donors (Lipinski definition) is 2. The van der Waals surface area contributed by atoms with E-state index in [4.69, 9.17) is 11.6 Å². The Bertz CT molecular complexity index is 681. The van der Waals surface area contributed by atoms with Gasteiger partial charge in [-0.3, -0.25) is 9.59 Å². The van der Waals surface area contributed by atoms with Gasteiger partial charge in [0.2, 0.25) is 5.91 Å². The van der Waals surface area contributed by atoms with Crippen molar-refractivity contribution in [3.05, 3.63) is 64.7 Å². The lowest BCUT2D eigenvalue weighted by Crippen LogP contribution is -2.30. The monoisotopic (exact) mass is 330 g/mol. The lowest BCUT2D eigenvalue weighted by Gasteiger charge is -2.14. The van der Waals surface area contributed by atoms with Crippen LogP contribution in [0.1, 0.15) is 35.8 Å². The molecule has 4 nitrogen and oxygen atoms in total. The highest BCUT2D eigenvalue weighted by Gasteiger charge is 2.08. The van der Waals surface area contributed by atoms with Crippen LogP contribution in [-0.2, 0) is 4.79 Å². The van der Waals surface area contributed by atoms with Crippen molar-refractivity contribution < 1.29 is 9.59 Å². The standard InChI is InChI=1S/C18H19ClN2O2/c1-12(14-3-7-16(19)8-4-14)20-11-18(23)21-17-9-5-15(6-10-17)13(2)22/h3-10,12,20H,11H2,1-2H3,(H,21,23)/t12-/m0/s1. The van der Waals surface area contributed by atoms with E-state index in [9.17, 15) is 9.59 Å². The van der Waals surface area contributed by atoms with E-state index in [1.807, 2.05) is 31.2 Å². The Hall–Kier alpha value is -2.17. The molecule has 1 atom stereocenters. The molecule has 2 rings (SSSR count). The Balaban J connectivity index is 1.84. The molecular weight excluding hydrogens is 312 g/mol. The van der Waals surface area contributed by atoms with Crippen molar-refractivity contribution in [3.63, 3.8) is 0 Å². The average Bonchev–Trinajstić information content (AvgIpc) is 2.54. The molecule has 0 saturated carbocycles. The van der Waals surface area contributed by atoms with Crippen molar-refractivity contribution >= 4 is 29.0 Å². The van der Waals surface area contributed by atoms with Crippen molar-refractivity contribution in [2.24, 2.45) is 0 Å². The third-order valence-corrected chi connectivity index (χ3v) is 3.77. The first-order valence-corrected chi connectivity index (χ1v) is 7.73. The second-order valence-corrected chi connectivity index (χ2v) is 5.77. The van der Waals surface area contributed by atoms with E-state index in [1.165, 1.54) is 6.92 Å². The van der Waals surface area contributed by atoms with Crippen LogP contribution in [0, 0.1) is 0 Å². The topological polar surface area (TPSA) is 58.2 Å². The molecule has 0 aliphatic carbocycles. The minimum Gasteiger partial charge on any atom is -0.325 e. The quantitative estimate of drug-likeness (QED) is 0.791. The first-order chi connectivity index (χ1) is 11.0. The van der Waals surface area contributed by atoms with Gasteiger partial charge in [0, 0.05) is 22.3 Å². The van der Waals surface area contributed by atoms with Crippen LogP contribution in [0.15, 0.2) is 48.5 Å². The molecule has 0 spiro atoms. The van der Waals surface area contributed by atoms with Gasteiger partial charge in [-0.15, -0.1) is 0 Å². The molecule has 2 aromatic rings. The zero-order chi connectivity index (χ0) is 16.8. The van der Waals surface area contributed by atoms with Gasteiger partial charge in [0.1, 0.15) is 0 Å². The van der Waals surface area contributed by atoms with Crippen LogP contribution in [0.3, 0.4) is 0 Å². The lowest BCUT2D eigenvalue weighted by molar-refractivity contribution is -0.115. The molecule has 0 aliphatic heterocycles. The molecule has 0 unspecified atom stereocenters. The Labute approximate surface area is 140 Å². The first kappa shape index (κ1) is 17.2. The zero-order valence-electron chi connectivity index (χ0n) is 13.1. The third kappa shape index (κ3) is 5.20. The summed E-state index contributed by atoms with van der Waals surface area (Å²) in [6.07, 6.45) is 0. The van der Waals surface area contributed by atoms with E-state index in [0.717, 1.165) is 5.56 Å². The highest BCUT2D eigenvalue weighted by molar-refractivity contribution is 6.30. The van der Waals surface area contributed by atoms with Crippen LogP contribution in [0.5, 0.6) is 0 Å². The number of amides is 1. The number of halogens is 1. The molecule has 0 radical (unpaired) electrons. The number of ketones is 1. The fraction of sp³-hybridized carbons (Fsp3) is 0.222. The molecule has 0 aromatic heterocycles. The van der Waals surface area contributed by atoms with E-state index < -0.39 is 0 Å². The molecule has 120 valence electrons. The number of carbonyl (C=O) groups is 2. The molecule has 0 heterocycles. The normalized spacial score (nSPS) is 11.8. The summed E-state index contributed by atoms with van der Waals surface area (Å²) in [5, 5.41) is 6.64. The Morgan fingerprint density at radius 1 is 1.04 bits per heavy atom. The molecule has 2 N–H and O–H groups in total. The van der Waals surface area contributed by atoms with Crippen molar-refractivity contribution in [1.82, 2.24) is 5.32 Å². The van der Waals surface area contributed by atoms with Gasteiger partial charge in [0.15, 0.2) is 5.78 Å². The molecular formula is C18H19ClN2O2. The van der Waals surface area contributed by atoms with E-state index in [2.05, 4.69) is 10.6 Å². The van der Waals surface area contributed by atoms with Gasteiger partial charge in [0.25, 0.3) is 0 Å². The van der Waals surface area contributed by atoms with Crippen molar-refractivity contribution in [1.29, 1.82) is 0 Å². The molecule has 0 saturated heterocycles. The molecule has 0 fully saturated rings. The van der Waals surface area contributed by atoms with Gasteiger partial charge in [-0.05, 0) is 55.8 Å². The van der Waals surface area contributed by atoms with Crippen LogP contribution in [-0.4, -0.2) is 18.2 Å². The SMILES string of the molecule is CC(=O)c1ccc(NC(=O)CN[C@@H](C)c2ccc(Cl)cc2)cc1. The van der Waals surface area contributed by atoms with E-state index in [-0.39, 0.29) is 24.3 Å². The van der Waals surface area contributed by atoms with Crippen molar-refractivity contribution in [2.75, 3.05) is 11.9 Å². The van der Waals surface area contributed by atoms with Crippen LogP contribution in [0.25, 0.3) is 0 Å². The number of nitrogens with one attached hydrogen (secondary N) is 2. The lowest BCUT2D eigenvalue weighted by atomic mass is 10.1. The van der Waals surface area contributed by atoms with Gasteiger partial charge in [-0.25, -0.2) is 0 Å². The Morgan fingerprint density at radius 3 is 2.22 bits per heavy atom. The predicted octanol–water partition coefficient (Wildman–Crippen LogP) is 3.83. The summed E-state index contributed by atoms with van der Waals surface area (Å²) in [6.45, 7) is 3.69. The number of benzene rings is 2. The number of rotatable bonds is 6. The predicted molar refractivity (Wildman–Crippen MR) is 92.9 cm³/mol. The number of anilines is 1. The van der Waals surface area contributed by atoms with Gasteiger partial charge >= 0.3 is 0 Å². The average molecular weight is 331 g/mol. The second kappa shape index (κ2) is 7.90. The van der Waals surface area contributed by atoms with Crippen LogP contribution < -0.4 is 10.6 Å². The molecule has 23 heavy (non-hydrogen) atoms. The molecule has 0 aliphatic rings. The molecule has 1 amide bonds. The summed E-state index contributed by atoms with van der Waals surface area (Å²) >= 11 is 5.86. The largest absolute Gasteiger partial charge is 0.325 e. The summed E-state index contributed by atoms with van der Waals surface area (Å²) < 4.78 is 0. The number of carbonyl (C=O) groups excluding carboxylic acids is 2. The maximum atomic E-state index is 12.0. The highest BCUT2D eigenvalue weighted by Crippen LogP contribution is 2.16. The van der Waals surface area contributed by atoms with Crippen molar-refractivity contribution in [2.45, 2.75) is 19.9 Å². The van der Waals surface area contributed by atoms with Crippen LogP contribution in [0.2, 0.25) is 5.02 Å². The fourth-order valence-electron chi connectivity index (χ4n) is 2.11. The van der Waals surface area contributed by atoms with Crippen molar-refractivity contribution in [3.8, 4) is 0 Å². The van der Waals surface area contributed by atoms with E-state index in [0.29, 0.717) is 16.3 Å². The van der Waals surface area contributed by atoms with Gasteiger partial charge in [-0.1, -0.05) is 23.7 Å². The maximum Gasteiger partial charge on any atom is 0.238 e. The first-order valence-electron chi connectivity index (χ1n) is 7.35. The second-order valence-electron chi connectivity index (χ2n) is 5.34. The minimum absolute atomic E-state index is 0.00123. The van der Waals surface area contributed by atoms with Gasteiger partial charge in [0.05, 0.1) is 6.54 Å². The number of Topliss-reactive ketones (excluding diaryl/α,β-unsaturated/α-hetero) is 1. The summed E-state index contributed by atoms with van der Waals surface area (Å²) in [4.78, 5) is 23.2.